The summed E-state index contributed by atoms with van der Waals surface area (Å²) in [6, 6.07) is 5.94. The summed E-state index contributed by atoms with van der Waals surface area (Å²) in [5.41, 5.74) is 0.247. The Kier molecular flexibility index (Phi) is 4.56. The van der Waals surface area contributed by atoms with Crippen LogP contribution in [-0.2, 0) is 4.79 Å². The molecule has 0 bridgehead atoms. The van der Waals surface area contributed by atoms with Crippen molar-refractivity contribution in [1.29, 1.82) is 5.26 Å². The fourth-order valence-electron chi connectivity index (χ4n) is 1.19. The fraction of sp³-hybridized carbons (Fsp3) is 0.273. The molecule has 0 saturated carbocycles. The van der Waals surface area contributed by atoms with Gasteiger partial charge in [0.15, 0.2) is 0 Å². The van der Waals surface area contributed by atoms with Gasteiger partial charge in [0.25, 0.3) is 0 Å². The fourth-order valence-corrected chi connectivity index (χ4v) is 1.36. The van der Waals surface area contributed by atoms with Crippen molar-refractivity contribution in [3.05, 3.63) is 28.8 Å². The van der Waals surface area contributed by atoms with E-state index in [9.17, 15) is 18.0 Å². The molecule has 96 valence electrons. The Morgan fingerprint density at radius 1 is 1.44 bits per heavy atom. The minimum Gasteiger partial charge on any atom is -0.325 e. The number of carbonyl (C=O) groups excluding carboxylic acids is 1. The zero-order valence-corrected chi connectivity index (χ0v) is 9.77. The van der Waals surface area contributed by atoms with Gasteiger partial charge in [-0.15, -0.1) is 0 Å². The average Bonchev–Trinajstić information content (AvgIpc) is 2.26. The second kappa shape index (κ2) is 5.74. The minimum absolute atomic E-state index is 0.108. The van der Waals surface area contributed by atoms with Crippen molar-refractivity contribution in [2.45, 2.75) is 19.0 Å². The van der Waals surface area contributed by atoms with Crippen LogP contribution < -0.4 is 5.32 Å². The van der Waals surface area contributed by atoms with Crippen molar-refractivity contribution in [3.8, 4) is 6.07 Å². The van der Waals surface area contributed by atoms with Gasteiger partial charge in [-0.25, -0.2) is 0 Å². The molecule has 1 aromatic rings. The van der Waals surface area contributed by atoms with Crippen LogP contribution in [-0.4, -0.2) is 12.1 Å². The number of anilines is 1. The lowest BCUT2D eigenvalue weighted by Gasteiger charge is -2.08. The van der Waals surface area contributed by atoms with E-state index in [0.717, 1.165) is 0 Å². The Balaban J connectivity index is 2.70. The Morgan fingerprint density at radius 2 is 2.11 bits per heavy atom. The Labute approximate surface area is 106 Å². The van der Waals surface area contributed by atoms with Gasteiger partial charge in [0.1, 0.15) is 6.07 Å². The molecule has 1 rings (SSSR count). The minimum atomic E-state index is -4.39. The number of halogens is 4. The summed E-state index contributed by atoms with van der Waals surface area (Å²) < 4.78 is 35.7. The standard InChI is InChI=1S/C11H8ClF3N2O/c12-8-2-1-7(6-16)9(5-8)17-10(18)3-4-11(13,14)15/h1-2,5H,3-4H2,(H,17,18). The maximum absolute atomic E-state index is 11.9. The molecule has 0 radical (unpaired) electrons. The third kappa shape index (κ3) is 4.63. The van der Waals surface area contributed by atoms with E-state index in [-0.39, 0.29) is 16.3 Å². The second-order valence-corrected chi connectivity index (χ2v) is 3.90. The summed E-state index contributed by atoms with van der Waals surface area (Å²) in [7, 11) is 0. The third-order valence-electron chi connectivity index (χ3n) is 2.01. The van der Waals surface area contributed by atoms with Crippen LogP contribution in [0.25, 0.3) is 0 Å². The van der Waals surface area contributed by atoms with Crippen molar-refractivity contribution < 1.29 is 18.0 Å². The molecule has 0 fully saturated rings. The van der Waals surface area contributed by atoms with E-state index >= 15 is 0 Å². The van der Waals surface area contributed by atoms with Crippen molar-refractivity contribution in [2.75, 3.05) is 5.32 Å². The van der Waals surface area contributed by atoms with Crippen LogP contribution in [0.5, 0.6) is 0 Å². The van der Waals surface area contributed by atoms with Gasteiger partial charge in [0, 0.05) is 11.4 Å². The largest absolute Gasteiger partial charge is 0.389 e. The number of nitrogens with one attached hydrogen (secondary N) is 1. The Hall–Kier alpha value is -1.74. The quantitative estimate of drug-likeness (QED) is 0.919. The number of hydrogen-bond acceptors (Lipinski definition) is 2. The second-order valence-electron chi connectivity index (χ2n) is 3.47. The first kappa shape index (κ1) is 14.3. The lowest BCUT2D eigenvalue weighted by Crippen LogP contribution is -2.17. The van der Waals surface area contributed by atoms with Gasteiger partial charge in [0.2, 0.25) is 5.91 Å². The number of nitriles is 1. The van der Waals surface area contributed by atoms with Crippen molar-refractivity contribution in [1.82, 2.24) is 0 Å². The first-order chi connectivity index (χ1) is 8.31. The Bertz CT molecular complexity index is 494. The van der Waals surface area contributed by atoms with Crippen LogP contribution in [0.15, 0.2) is 18.2 Å². The van der Waals surface area contributed by atoms with Crippen molar-refractivity contribution in [2.24, 2.45) is 0 Å². The molecule has 0 heterocycles. The summed E-state index contributed by atoms with van der Waals surface area (Å²) in [5.74, 6) is -0.814. The normalized spacial score (nSPS) is 10.8. The topological polar surface area (TPSA) is 52.9 Å². The van der Waals surface area contributed by atoms with Gasteiger partial charge < -0.3 is 5.32 Å². The van der Waals surface area contributed by atoms with Crippen LogP contribution in [0.3, 0.4) is 0 Å². The maximum Gasteiger partial charge on any atom is 0.389 e. The van der Waals surface area contributed by atoms with Crippen LogP contribution in [0.4, 0.5) is 18.9 Å². The van der Waals surface area contributed by atoms with Gasteiger partial charge in [0.05, 0.1) is 17.7 Å². The number of rotatable bonds is 3. The maximum atomic E-state index is 11.9. The first-order valence-electron chi connectivity index (χ1n) is 4.88. The number of carbonyl (C=O) groups is 1. The third-order valence-corrected chi connectivity index (χ3v) is 2.25. The van der Waals surface area contributed by atoms with Crippen LogP contribution in [0.1, 0.15) is 18.4 Å². The van der Waals surface area contributed by atoms with Gasteiger partial charge in [-0.2, -0.15) is 18.4 Å². The highest BCUT2D eigenvalue weighted by Crippen LogP contribution is 2.23. The van der Waals surface area contributed by atoms with Gasteiger partial charge in [-0.3, -0.25) is 4.79 Å². The van der Waals surface area contributed by atoms with E-state index in [0.29, 0.717) is 0 Å². The number of benzene rings is 1. The summed E-state index contributed by atoms with van der Waals surface area (Å²) >= 11 is 5.67. The average molecular weight is 277 g/mol. The predicted molar refractivity (Wildman–Crippen MR) is 60.1 cm³/mol. The molecule has 18 heavy (non-hydrogen) atoms. The molecule has 0 atom stereocenters. The lowest BCUT2D eigenvalue weighted by atomic mass is 10.2. The van der Waals surface area contributed by atoms with Crippen molar-refractivity contribution in [3.63, 3.8) is 0 Å². The molecule has 3 nitrogen and oxygen atoms in total. The molecule has 1 amide bonds. The van der Waals surface area contributed by atoms with E-state index in [4.69, 9.17) is 16.9 Å². The van der Waals surface area contributed by atoms with E-state index < -0.39 is 24.9 Å². The van der Waals surface area contributed by atoms with E-state index in [1.807, 2.05) is 0 Å². The Morgan fingerprint density at radius 3 is 2.67 bits per heavy atom. The number of amides is 1. The molecular formula is C11H8ClF3N2O. The van der Waals surface area contributed by atoms with Gasteiger partial charge in [-0.05, 0) is 18.2 Å². The molecule has 1 N–H and O–H groups in total. The monoisotopic (exact) mass is 276 g/mol. The van der Waals surface area contributed by atoms with Gasteiger partial charge in [-0.1, -0.05) is 11.6 Å². The summed E-state index contributed by atoms with van der Waals surface area (Å²) in [5, 5.41) is 11.3. The smallest absolute Gasteiger partial charge is 0.325 e. The number of alkyl halides is 3. The molecule has 0 spiro atoms. The predicted octanol–water partition coefficient (Wildman–Crippen LogP) is 3.49. The van der Waals surface area contributed by atoms with E-state index in [2.05, 4.69) is 5.32 Å². The number of nitrogens with zero attached hydrogens (tertiary/aromatic N) is 1. The summed E-state index contributed by atoms with van der Waals surface area (Å²) in [6.45, 7) is 0. The molecule has 7 heteroatoms. The molecule has 0 unspecified atom stereocenters. The lowest BCUT2D eigenvalue weighted by molar-refractivity contribution is -0.142. The van der Waals surface area contributed by atoms with Crippen LogP contribution >= 0.6 is 11.6 Å². The molecular weight excluding hydrogens is 269 g/mol. The van der Waals surface area contributed by atoms with Crippen LogP contribution in [0, 0.1) is 11.3 Å². The SMILES string of the molecule is N#Cc1ccc(Cl)cc1NC(=O)CCC(F)(F)F. The molecule has 0 aromatic heterocycles. The number of hydrogen-bond donors (Lipinski definition) is 1. The molecule has 0 saturated heterocycles. The van der Waals surface area contributed by atoms with E-state index in [1.165, 1.54) is 18.2 Å². The first-order valence-corrected chi connectivity index (χ1v) is 5.26. The molecule has 0 aliphatic heterocycles. The highest BCUT2D eigenvalue weighted by Gasteiger charge is 2.27. The van der Waals surface area contributed by atoms with E-state index in [1.54, 1.807) is 6.07 Å². The molecule has 1 aromatic carbocycles. The van der Waals surface area contributed by atoms with Crippen molar-refractivity contribution >= 4 is 23.2 Å². The van der Waals surface area contributed by atoms with Crippen LogP contribution in [0.2, 0.25) is 5.02 Å². The molecule has 0 aliphatic rings. The highest BCUT2D eigenvalue weighted by atomic mass is 35.5. The zero-order chi connectivity index (χ0) is 13.8. The van der Waals surface area contributed by atoms with Gasteiger partial charge >= 0.3 is 6.18 Å². The molecule has 0 aliphatic carbocycles. The summed E-state index contributed by atoms with van der Waals surface area (Å²) in [6.07, 6.45) is -6.29. The zero-order valence-electron chi connectivity index (χ0n) is 9.01. The summed E-state index contributed by atoms with van der Waals surface area (Å²) in [4.78, 5) is 11.3. The highest BCUT2D eigenvalue weighted by molar-refractivity contribution is 6.31.